The van der Waals surface area contributed by atoms with E-state index < -0.39 is 0 Å². The maximum absolute atomic E-state index is 11.9. The molecule has 0 bridgehead atoms. The van der Waals surface area contributed by atoms with Crippen LogP contribution in [0.5, 0.6) is 5.75 Å². The van der Waals surface area contributed by atoms with E-state index in [0.717, 1.165) is 24.3 Å². The van der Waals surface area contributed by atoms with Gasteiger partial charge in [-0.05, 0) is 37.7 Å². The van der Waals surface area contributed by atoms with Crippen LogP contribution in [0.4, 0.5) is 0 Å². The van der Waals surface area contributed by atoms with E-state index in [1.165, 1.54) is 0 Å². The highest BCUT2D eigenvalue weighted by molar-refractivity contribution is 5.88. The number of methoxy groups -OCH3 is 1. The monoisotopic (exact) mass is 219 g/mol. The normalized spacial score (nSPS) is 22.1. The quantitative estimate of drug-likeness (QED) is 0.758. The standard InChI is InChI=1S/C13H17NO2/c1-14-8-7-12(13(15)9-14)10-3-5-11(16-2)6-4-10/h3-6,12H,7-9H2,1-2H3. The second-order valence-electron chi connectivity index (χ2n) is 4.32. The van der Waals surface area contributed by atoms with Gasteiger partial charge in [0.15, 0.2) is 5.78 Å². The fourth-order valence-electron chi connectivity index (χ4n) is 2.15. The molecule has 1 aromatic rings. The number of carbonyl (C=O) groups excluding carboxylic acids is 1. The summed E-state index contributed by atoms with van der Waals surface area (Å²) in [4.78, 5) is 14.0. The lowest BCUT2D eigenvalue weighted by Crippen LogP contribution is -2.37. The number of hydrogen-bond acceptors (Lipinski definition) is 3. The molecule has 1 fully saturated rings. The third-order valence-corrected chi connectivity index (χ3v) is 3.13. The lowest BCUT2D eigenvalue weighted by molar-refractivity contribution is -0.123. The van der Waals surface area contributed by atoms with E-state index in [1.807, 2.05) is 31.3 Å². The Morgan fingerprint density at radius 1 is 1.31 bits per heavy atom. The van der Waals surface area contributed by atoms with Crippen molar-refractivity contribution in [3.63, 3.8) is 0 Å². The smallest absolute Gasteiger partial charge is 0.154 e. The Labute approximate surface area is 96.0 Å². The van der Waals surface area contributed by atoms with Crippen molar-refractivity contribution in [2.24, 2.45) is 0 Å². The maximum Gasteiger partial charge on any atom is 0.154 e. The first-order valence-corrected chi connectivity index (χ1v) is 5.56. The SMILES string of the molecule is COc1ccc(C2CCN(C)CC2=O)cc1. The molecule has 1 atom stereocenters. The Morgan fingerprint density at radius 2 is 2.00 bits per heavy atom. The molecule has 0 aliphatic carbocycles. The summed E-state index contributed by atoms with van der Waals surface area (Å²) < 4.78 is 5.11. The van der Waals surface area contributed by atoms with Crippen LogP contribution >= 0.6 is 0 Å². The van der Waals surface area contributed by atoms with Crippen LogP contribution in [0.25, 0.3) is 0 Å². The molecule has 3 heteroatoms. The summed E-state index contributed by atoms with van der Waals surface area (Å²) in [6, 6.07) is 7.82. The van der Waals surface area contributed by atoms with Crippen LogP contribution in [0, 0.1) is 0 Å². The summed E-state index contributed by atoms with van der Waals surface area (Å²) >= 11 is 0. The number of benzene rings is 1. The lowest BCUT2D eigenvalue weighted by Gasteiger charge is -2.27. The predicted molar refractivity (Wildman–Crippen MR) is 62.9 cm³/mol. The third-order valence-electron chi connectivity index (χ3n) is 3.13. The van der Waals surface area contributed by atoms with Gasteiger partial charge in [0, 0.05) is 5.92 Å². The zero-order valence-electron chi connectivity index (χ0n) is 9.77. The van der Waals surface area contributed by atoms with Crippen LogP contribution in [0.2, 0.25) is 0 Å². The molecule has 3 nitrogen and oxygen atoms in total. The van der Waals surface area contributed by atoms with Crippen molar-refractivity contribution >= 4 is 5.78 Å². The zero-order valence-corrected chi connectivity index (χ0v) is 9.77. The number of ketones is 1. The molecule has 16 heavy (non-hydrogen) atoms. The topological polar surface area (TPSA) is 29.5 Å². The van der Waals surface area contributed by atoms with Gasteiger partial charge < -0.3 is 4.74 Å². The molecule has 0 radical (unpaired) electrons. The van der Waals surface area contributed by atoms with Crippen LogP contribution in [0.1, 0.15) is 17.9 Å². The maximum atomic E-state index is 11.9. The molecule has 0 amide bonds. The highest BCUT2D eigenvalue weighted by atomic mass is 16.5. The van der Waals surface area contributed by atoms with E-state index in [4.69, 9.17) is 4.74 Å². The summed E-state index contributed by atoms with van der Waals surface area (Å²) in [5, 5.41) is 0. The van der Waals surface area contributed by atoms with Gasteiger partial charge in [0.1, 0.15) is 5.75 Å². The van der Waals surface area contributed by atoms with Gasteiger partial charge in [0.05, 0.1) is 13.7 Å². The second kappa shape index (κ2) is 4.66. The van der Waals surface area contributed by atoms with Crippen molar-refractivity contribution in [1.82, 2.24) is 4.90 Å². The molecule has 1 aliphatic heterocycles. The van der Waals surface area contributed by atoms with Crippen LogP contribution in [0.15, 0.2) is 24.3 Å². The number of likely N-dealkylation sites (tertiary alicyclic amines) is 1. The lowest BCUT2D eigenvalue weighted by atomic mass is 9.88. The Hall–Kier alpha value is -1.35. The summed E-state index contributed by atoms with van der Waals surface area (Å²) in [5.74, 6) is 1.23. The van der Waals surface area contributed by atoms with E-state index >= 15 is 0 Å². The highest BCUT2D eigenvalue weighted by Crippen LogP contribution is 2.26. The number of Topliss-reactive ketones (excluding diaryl/α,β-unsaturated/α-hetero) is 1. The molecule has 1 aromatic carbocycles. The molecule has 0 spiro atoms. The Bertz CT molecular complexity index is 372. The van der Waals surface area contributed by atoms with Crippen molar-refractivity contribution in [2.75, 3.05) is 27.2 Å². The minimum absolute atomic E-state index is 0.0714. The van der Waals surface area contributed by atoms with Crippen LogP contribution in [-0.4, -0.2) is 37.9 Å². The molecule has 1 heterocycles. The first-order valence-electron chi connectivity index (χ1n) is 5.56. The average Bonchev–Trinajstić information content (AvgIpc) is 2.29. The van der Waals surface area contributed by atoms with Crippen LogP contribution in [0.3, 0.4) is 0 Å². The third kappa shape index (κ3) is 2.25. The van der Waals surface area contributed by atoms with Crippen molar-refractivity contribution in [2.45, 2.75) is 12.3 Å². The van der Waals surface area contributed by atoms with E-state index in [2.05, 4.69) is 4.90 Å². The molecular formula is C13H17NO2. The number of nitrogens with zero attached hydrogens (tertiary/aromatic N) is 1. The number of piperidine rings is 1. The van der Waals surface area contributed by atoms with E-state index in [0.29, 0.717) is 12.3 Å². The largest absolute Gasteiger partial charge is 0.497 e. The van der Waals surface area contributed by atoms with Gasteiger partial charge >= 0.3 is 0 Å². The van der Waals surface area contributed by atoms with Gasteiger partial charge in [-0.2, -0.15) is 0 Å². The molecule has 1 saturated heterocycles. The van der Waals surface area contributed by atoms with E-state index in [-0.39, 0.29) is 5.92 Å². The summed E-state index contributed by atoms with van der Waals surface area (Å²) in [6.07, 6.45) is 0.918. The first-order chi connectivity index (χ1) is 7.70. The number of hydrogen-bond donors (Lipinski definition) is 0. The van der Waals surface area contributed by atoms with Crippen molar-refractivity contribution < 1.29 is 9.53 Å². The van der Waals surface area contributed by atoms with Gasteiger partial charge in [-0.15, -0.1) is 0 Å². The van der Waals surface area contributed by atoms with Crippen molar-refractivity contribution in [3.8, 4) is 5.75 Å². The van der Waals surface area contributed by atoms with Crippen LogP contribution in [-0.2, 0) is 4.79 Å². The fraction of sp³-hybridized carbons (Fsp3) is 0.462. The minimum atomic E-state index is 0.0714. The van der Waals surface area contributed by atoms with Crippen molar-refractivity contribution in [1.29, 1.82) is 0 Å². The molecule has 0 N–H and O–H groups in total. The van der Waals surface area contributed by atoms with E-state index in [1.54, 1.807) is 7.11 Å². The van der Waals surface area contributed by atoms with Gasteiger partial charge in [-0.25, -0.2) is 0 Å². The molecule has 0 saturated carbocycles. The highest BCUT2D eigenvalue weighted by Gasteiger charge is 2.26. The van der Waals surface area contributed by atoms with Crippen LogP contribution < -0.4 is 4.74 Å². The van der Waals surface area contributed by atoms with Gasteiger partial charge in [0.25, 0.3) is 0 Å². The number of ether oxygens (including phenoxy) is 1. The number of likely N-dealkylation sites (N-methyl/N-ethyl adjacent to an activating group) is 1. The molecular weight excluding hydrogens is 202 g/mol. The Kier molecular flexibility index (Phi) is 3.25. The fourth-order valence-corrected chi connectivity index (χ4v) is 2.15. The summed E-state index contributed by atoms with van der Waals surface area (Å²) in [5.41, 5.74) is 1.11. The zero-order chi connectivity index (χ0) is 11.5. The summed E-state index contributed by atoms with van der Waals surface area (Å²) in [6.45, 7) is 1.55. The predicted octanol–water partition coefficient (Wildman–Crippen LogP) is 1.68. The second-order valence-corrected chi connectivity index (χ2v) is 4.32. The number of rotatable bonds is 2. The molecule has 1 unspecified atom stereocenters. The average molecular weight is 219 g/mol. The molecule has 86 valence electrons. The van der Waals surface area contributed by atoms with Gasteiger partial charge in [0.2, 0.25) is 0 Å². The van der Waals surface area contributed by atoms with E-state index in [9.17, 15) is 4.79 Å². The minimum Gasteiger partial charge on any atom is -0.497 e. The Balaban J connectivity index is 2.14. The molecule has 1 aliphatic rings. The molecule has 0 aromatic heterocycles. The Morgan fingerprint density at radius 3 is 2.56 bits per heavy atom. The summed E-state index contributed by atoms with van der Waals surface area (Å²) in [7, 11) is 3.64. The van der Waals surface area contributed by atoms with Crippen molar-refractivity contribution in [3.05, 3.63) is 29.8 Å². The van der Waals surface area contributed by atoms with Gasteiger partial charge in [-0.1, -0.05) is 12.1 Å². The molecule has 2 rings (SSSR count). The first kappa shape index (κ1) is 11.1. The number of carbonyl (C=O) groups is 1. The van der Waals surface area contributed by atoms with Gasteiger partial charge in [-0.3, -0.25) is 9.69 Å².